The number of carbonyl (C=O) groups is 1. The first-order valence-electron chi connectivity index (χ1n) is 9.52. The summed E-state index contributed by atoms with van der Waals surface area (Å²) in [6.45, 7) is 0. The molecule has 1 aromatic carbocycles. The van der Waals surface area contributed by atoms with Crippen LogP contribution in [0.2, 0.25) is 0 Å². The number of nitrogens with zero attached hydrogens (tertiary/aromatic N) is 2. The summed E-state index contributed by atoms with van der Waals surface area (Å²) in [4.78, 5) is 22.6. The number of aromatic nitrogens is 3. The Kier molecular flexibility index (Phi) is 7.06. The zero-order chi connectivity index (χ0) is 22.4. The second-order valence-corrected chi connectivity index (χ2v) is 6.84. The van der Waals surface area contributed by atoms with Gasteiger partial charge in [0.25, 0.3) is 5.89 Å². The summed E-state index contributed by atoms with van der Waals surface area (Å²) in [5.74, 6) is -0.953. The number of ether oxygens (including phenoxy) is 1. The second kappa shape index (κ2) is 9.73. The molecule has 2 aromatic heterocycles. The molecule has 31 heavy (non-hydrogen) atoms. The second-order valence-electron chi connectivity index (χ2n) is 6.84. The van der Waals surface area contributed by atoms with Crippen molar-refractivity contribution >= 4 is 5.78 Å². The van der Waals surface area contributed by atoms with E-state index in [0.717, 1.165) is 31.0 Å². The highest BCUT2D eigenvalue weighted by molar-refractivity contribution is 5.91. The molecule has 0 spiro atoms. The lowest BCUT2D eigenvalue weighted by Gasteiger charge is -2.10. The number of aromatic amines is 1. The van der Waals surface area contributed by atoms with Crippen LogP contribution in [-0.2, 0) is 0 Å². The monoisotopic (exact) mass is 440 g/mol. The van der Waals surface area contributed by atoms with Crippen molar-refractivity contribution in [1.82, 2.24) is 15.0 Å². The van der Waals surface area contributed by atoms with Crippen LogP contribution in [0.25, 0.3) is 11.3 Å². The number of alkyl halides is 3. The summed E-state index contributed by atoms with van der Waals surface area (Å²) < 4.78 is 60.1. The van der Waals surface area contributed by atoms with Gasteiger partial charge in [0.1, 0.15) is 23.7 Å². The van der Waals surface area contributed by atoms with Crippen LogP contribution in [0.3, 0.4) is 0 Å². The van der Waals surface area contributed by atoms with E-state index in [9.17, 15) is 22.4 Å². The topological polar surface area (TPSA) is 107 Å². The van der Waals surface area contributed by atoms with E-state index in [4.69, 9.17) is 10.2 Å². The number of rotatable bonds is 10. The first-order valence-corrected chi connectivity index (χ1v) is 9.52. The predicted molar refractivity (Wildman–Crippen MR) is 102 cm³/mol. The van der Waals surface area contributed by atoms with Gasteiger partial charge in [0.15, 0.2) is 0 Å². The summed E-state index contributed by atoms with van der Waals surface area (Å²) in [6, 6.07) is 2.24. The van der Waals surface area contributed by atoms with Crippen LogP contribution >= 0.6 is 0 Å². The SMILES string of the molecule is N[C@@H](CCCCCC(=O)c1ncco1)c1ncc(-c2cc(OC(F)(F)F)ccc2F)[nH]1. The number of carbonyl (C=O) groups excluding carboxylic acids is 1. The summed E-state index contributed by atoms with van der Waals surface area (Å²) in [5.41, 5.74) is 6.18. The molecule has 3 aromatic rings. The molecular formula is C20H20F4N4O3. The number of nitrogens with one attached hydrogen (secondary N) is 1. The molecule has 2 heterocycles. The maximum atomic E-state index is 14.1. The van der Waals surface area contributed by atoms with Crippen molar-refractivity contribution in [3.05, 3.63) is 54.4 Å². The first-order chi connectivity index (χ1) is 14.7. The number of halogens is 4. The number of benzene rings is 1. The minimum absolute atomic E-state index is 0.0942. The normalized spacial score (nSPS) is 12.7. The molecule has 0 radical (unpaired) electrons. The average Bonchev–Trinajstić information content (AvgIpc) is 3.40. The Morgan fingerprint density at radius 1 is 1.23 bits per heavy atom. The minimum Gasteiger partial charge on any atom is -0.442 e. The van der Waals surface area contributed by atoms with Gasteiger partial charge in [0, 0.05) is 12.0 Å². The quantitative estimate of drug-likeness (QED) is 0.263. The summed E-state index contributed by atoms with van der Waals surface area (Å²) >= 11 is 0. The van der Waals surface area contributed by atoms with Crippen molar-refractivity contribution < 1.29 is 31.5 Å². The molecule has 1 atom stereocenters. The van der Waals surface area contributed by atoms with E-state index < -0.39 is 24.0 Å². The van der Waals surface area contributed by atoms with Crippen LogP contribution in [0.1, 0.15) is 54.7 Å². The van der Waals surface area contributed by atoms with Crippen LogP contribution in [0, 0.1) is 5.82 Å². The molecule has 7 nitrogen and oxygen atoms in total. The van der Waals surface area contributed by atoms with Crippen molar-refractivity contribution in [1.29, 1.82) is 0 Å². The van der Waals surface area contributed by atoms with Crippen molar-refractivity contribution in [2.45, 2.75) is 44.5 Å². The van der Waals surface area contributed by atoms with Gasteiger partial charge in [0.2, 0.25) is 5.78 Å². The molecule has 0 saturated carbocycles. The van der Waals surface area contributed by atoms with Gasteiger partial charge in [-0.3, -0.25) is 4.79 Å². The largest absolute Gasteiger partial charge is 0.573 e. The van der Waals surface area contributed by atoms with E-state index in [1.807, 2.05) is 0 Å². The van der Waals surface area contributed by atoms with Gasteiger partial charge in [0.05, 0.1) is 24.1 Å². The zero-order valence-corrected chi connectivity index (χ0v) is 16.3. The Bertz CT molecular complexity index is 1000. The third kappa shape index (κ3) is 6.38. The number of hydrogen-bond acceptors (Lipinski definition) is 6. The predicted octanol–water partition coefficient (Wildman–Crippen LogP) is 4.94. The van der Waals surface area contributed by atoms with E-state index in [-0.39, 0.29) is 22.9 Å². The number of nitrogens with two attached hydrogens (primary N) is 1. The molecule has 0 aliphatic rings. The third-order valence-corrected chi connectivity index (χ3v) is 4.50. The van der Waals surface area contributed by atoms with Gasteiger partial charge in [-0.25, -0.2) is 14.4 Å². The summed E-state index contributed by atoms with van der Waals surface area (Å²) in [5, 5.41) is 0. The Labute approximate surface area is 174 Å². The van der Waals surface area contributed by atoms with E-state index in [0.29, 0.717) is 25.1 Å². The van der Waals surface area contributed by atoms with Gasteiger partial charge in [-0.2, -0.15) is 0 Å². The fraction of sp³-hybridized carbons (Fsp3) is 0.350. The van der Waals surface area contributed by atoms with Crippen LogP contribution in [0.5, 0.6) is 5.75 Å². The van der Waals surface area contributed by atoms with Crippen molar-refractivity contribution in [3.8, 4) is 17.0 Å². The number of hydrogen-bond donors (Lipinski definition) is 2. The molecule has 0 saturated heterocycles. The van der Waals surface area contributed by atoms with Crippen LogP contribution in [0.4, 0.5) is 17.6 Å². The van der Waals surface area contributed by atoms with Crippen LogP contribution in [-0.4, -0.2) is 27.1 Å². The van der Waals surface area contributed by atoms with Gasteiger partial charge >= 0.3 is 6.36 Å². The lowest BCUT2D eigenvalue weighted by Crippen LogP contribution is -2.17. The molecule has 0 aliphatic carbocycles. The Morgan fingerprint density at radius 3 is 2.74 bits per heavy atom. The Balaban J connectivity index is 1.52. The lowest BCUT2D eigenvalue weighted by molar-refractivity contribution is -0.274. The average molecular weight is 440 g/mol. The van der Waals surface area contributed by atoms with Crippen molar-refractivity contribution in [2.75, 3.05) is 0 Å². The summed E-state index contributed by atoms with van der Waals surface area (Å²) in [7, 11) is 0. The number of H-pyrrole nitrogens is 1. The smallest absolute Gasteiger partial charge is 0.442 e. The Hall–Kier alpha value is -3.21. The number of imidazole rings is 1. The highest BCUT2D eigenvalue weighted by atomic mass is 19.4. The van der Waals surface area contributed by atoms with Gasteiger partial charge in [-0.15, -0.1) is 13.2 Å². The standard InChI is InChI=1S/C20H20F4N4O3/c21-14-7-6-12(31-20(22,23)24)10-13(14)16-11-27-18(28-16)15(25)4-2-1-3-5-17(29)19-26-8-9-30-19/h6-11,15H,1-5,25H2,(H,27,28)/t15-/m0/s1. The number of oxazole rings is 1. The summed E-state index contributed by atoms with van der Waals surface area (Å²) in [6.07, 6.45) is 2.17. The van der Waals surface area contributed by atoms with E-state index in [2.05, 4.69) is 19.7 Å². The molecule has 0 unspecified atom stereocenters. The van der Waals surface area contributed by atoms with E-state index in [1.165, 1.54) is 18.7 Å². The van der Waals surface area contributed by atoms with E-state index in [1.54, 1.807) is 0 Å². The molecule has 3 N–H and O–H groups in total. The zero-order valence-electron chi connectivity index (χ0n) is 16.3. The molecule has 0 bridgehead atoms. The maximum Gasteiger partial charge on any atom is 0.573 e. The van der Waals surface area contributed by atoms with E-state index >= 15 is 0 Å². The van der Waals surface area contributed by atoms with Crippen molar-refractivity contribution in [2.24, 2.45) is 5.73 Å². The molecule has 166 valence electrons. The van der Waals surface area contributed by atoms with Gasteiger partial charge in [-0.05, 0) is 31.0 Å². The number of Topliss-reactive ketones (excluding diaryl/α,β-unsaturated/α-hetero) is 1. The minimum atomic E-state index is -4.88. The highest BCUT2D eigenvalue weighted by Gasteiger charge is 2.31. The first kappa shape index (κ1) is 22.5. The molecule has 0 aliphatic heterocycles. The molecule has 0 fully saturated rings. The number of ketones is 1. The lowest BCUT2D eigenvalue weighted by atomic mass is 10.1. The van der Waals surface area contributed by atoms with Crippen LogP contribution in [0.15, 0.2) is 41.3 Å². The fourth-order valence-electron chi connectivity index (χ4n) is 3.00. The Morgan fingerprint density at radius 2 is 2.03 bits per heavy atom. The maximum absolute atomic E-state index is 14.1. The van der Waals surface area contributed by atoms with Gasteiger partial charge in [-0.1, -0.05) is 12.8 Å². The highest BCUT2D eigenvalue weighted by Crippen LogP contribution is 2.30. The van der Waals surface area contributed by atoms with Gasteiger partial charge < -0.3 is 19.9 Å². The van der Waals surface area contributed by atoms with Crippen molar-refractivity contribution in [3.63, 3.8) is 0 Å². The van der Waals surface area contributed by atoms with Crippen LogP contribution < -0.4 is 10.5 Å². The molecule has 0 amide bonds. The molecular weight excluding hydrogens is 420 g/mol. The third-order valence-electron chi connectivity index (χ3n) is 4.50. The fourth-order valence-corrected chi connectivity index (χ4v) is 3.00. The molecule has 3 rings (SSSR count). The molecule has 11 heteroatoms. The number of unbranched alkanes of at least 4 members (excludes halogenated alkanes) is 2.